The summed E-state index contributed by atoms with van der Waals surface area (Å²) in [6.07, 6.45) is 1.29. The van der Waals surface area contributed by atoms with Crippen molar-refractivity contribution in [3.63, 3.8) is 0 Å². The minimum absolute atomic E-state index is 0.706. The van der Waals surface area contributed by atoms with E-state index in [4.69, 9.17) is 0 Å². The average Bonchev–Trinajstić information content (AvgIpc) is 2.67. The van der Waals surface area contributed by atoms with E-state index in [0.29, 0.717) is 6.04 Å². The molecule has 1 heterocycles. The van der Waals surface area contributed by atoms with Gasteiger partial charge in [-0.25, -0.2) is 0 Å². The topological polar surface area (TPSA) is 12.0 Å². The second-order valence-electron chi connectivity index (χ2n) is 4.37. The van der Waals surface area contributed by atoms with E-state index in [0.717, 1.165) is 11.8 Å². The maximum atomic E-state index is 3.56. The molecular weight excluding hydrogens is 158 g/mol. The van der Waals surface area contributed by atoms with Crippen LogP contribution in [-0.2, 0) is 6.42 Å². The first kappa shape index (κ1) is 7.57. The largest absolute Gasteiger partial charge is 0.313 e. The van der Waals surface area contributed by atoms with E-state index in [1.165, 1.54) is 13.0 Å². The zero-order valence-electron chi connectivity index (χ0n) is 7.96. The van der Waals surface area contributed by atoms with Gasteiger partial charge in [0.1, 0.15) is 0 Å². The van der Waals surface area contributed by atoms with Crippen molar-refractivity contribution in [2.75, 3.05) is 6.54 Å². The van der Waals surface area contributed by atoms with Gasteiger partial charge in [-0.3, -0.25) is 0 Å². The van der Waals surface area contributed by atoms with E-state index >= 15 is 0 Å². The number of hydrogen-bond acceptors (Lipinski definition) is 1. The van der Waals surface area contributed by atoms with Crippen molar-refractivity contribution in [1.29, 1.82) is 0 Å². The predicted octanol–water partition coefficient (Wildman–Crippen LogP) is 1.93. The van der Waals surface area contributed by atoms with Crippen LogP contribution in [0.2, 0.25) is 0 Å². The Balaban J connectivity index is 2.05. The zero-order valence-corrected chi connectivity index (χ0v) is 7.96. The van der Waals surface area contributed by atoms with Crippen LogP contribution in [0.5, 0.6) is 0 Å². The first-order valence-corrected chi connectivity index (χ1v) is 5.17. The van der Waals surface area contributed by atoms with Crippen molar-refractivity contribution in [2.45, 2.75) is 25.3 Å². The molecule has 1 aromatic rings. The summed E-state index contributed by atoms with van der Waals surface area (Å²) >= 11 is 0. The Morgan fingerprint density at radius 1 is 1.31 bits per heavy atom. The monoisotopic (exact) mass is 173 g/mol. The lowest BCUT2D eigenvalue weighted by atomic mass is 9.92. The third-order valence-corrected chi connectivity index (χ3v) is 3.73. The highest BCUT2D eigenvalue weighted by molar-refractivity contribution is 5.38. The maximum absolute atomic E-state index is 3.56. The van der Waals surface area contributed by atoms with Crippen molar-refractivity contribution in [3.8, 4) is 0 Å². The first-order chi connectivity index (χ1) is 6.36. The average molecular weight is 173 g/mol. The summed E-state index contributed by atoms with van der Waals surface area (Å²) in [5.41, 5.74) is 3.19. The van der Waals surface area contributed by atoms with Crippen LogP contribution in [0.25, 0.3) is 0 Å². The van der Waals surface area contributed by atoms with E-state index in [9.17, 15) is 0 Å². The summed E-state index contributed by atoms with van der Waals surface area (Å²) in [7, 11) is 0. The normalized spacial score (nSPS) is 35.9. The van der Waals surface area contributed by atoms with Gasteiger partial charge in [-0.15, -0.1) is 0 Å². The van der Waals surface area contributed by atoms with Crippen LogP contribution >= 0.6 is 0 Å². The Hall–Kier alpha value is -0.820. The number of rotatable bonds is 0. The number of fused-ring (bicyclic) bond motifs is 3. The van der Waals surface area contributed by atoms with Crippen molar-refractivity contribution in [2.24, 2.45) is 5.92 Å². The molecule has 1 aliphatic carbocycles. The van der Waals surface area contributed by atoms with Gasteiger partial charge in [0.15, 0.2) is 0 Å². The van der Waals surface area contributed by atoms with E-state index < -0.39 is 0 Å². The maximum Gasteiger partial charge on any atom is 0.00767 e. The van der Waals surface area contributed by atoms with Crippen LogP contribution in [0.1, 0.15) is 24.0 Å². The van der Waals surface area contributed by atoms with Crippen molar-refractivity contribution >= 4 is 0 Å². The molecule has 1 heteroatoms. The van der Waals surface area contributed by atoms with Gasteiger partial charge >= 0.3 is 0 Å². The summed E-state index contributed by atoms with van der Waals surface area (Å²) in [5.74, 6) is 1.66. The van der Waals surface area contributed by atoms with E-state index in [2.05, 4.69) is 36.5 Å². The summed E-state index contributed by atoms with van der Waals surface area (Å²) in [5, 5.41) is 3.56. The fourth-order valence-electron chi connectivity index (χ4n) is 2.96. The van der Waals surface area contributed by atoms with Gasteiger partial charge in [0.05, 0.1) is 0 Å². The van der Waals surface area contributed by atoms with Crippen LogP contribution in [0.4, 0.5) is 0 Å². The minimum Gasteiger partial charge on any atom is -0.313 e. The molecule has 68 valence electrons. The molecule has 0 unspecified atom stereocenters. The highest BCUT2D eigenvalue weighted by Gasteiger charge is 2.39. The Morgan fingerprint density at radius 2 is 2.15 bits per heavy atom. The molecule has 1 nitrogen and oxygen atoms in total. The number of benzene rings is 1. The molecule has 0 saturated carbocycles. The first-order valence-electron chi connectivity index (χ1n) is 5.17. The minimum atomic E-state index is 0.706. The van der Waals surface area contributed by atoms with Crippen molar-refractivity contribution < 1.29 is 0 Å². The SMILES string of the molecule is C[C@H]1NC[C@H]2c3ccccc3C[C@@H]12. The molecule has 1 N–H and O–H groups in total. The van der Waals surface area contributed by atoms with Crippen LogP contribution < -0.4 is 5.32 Å². The van der Waals surface area contributed by atoms with E-state index in [1.807, 2.05) is 0 Å². The van der Waals surface area contributed by atoms with E-state index in [-0.39, 0.29) is 0 Å². The number of nitrogens with one attached hydrogen (secondary N) is 1. The van der Waals surface area contributed by atoms with Gasteiger partial charge in [0, 0.05) is 18.5 Å². The Morgan fingerprint density at radius 3 is 3.08 bits per heavy atom. The van der Waals surface area contributed by atoms with Crippen molar-refractivity contribution in [3.05, 3.63) is 35.4 Å². The molecule has 3 atom stereocenters. The molecule has 0 radical (unpaired) electrons. The second kappa shape index (κ2) is 2.58. The van der Waals surface area contributed by atoms with Gasteiger partial charge in [0.25, 0.3) is 0 Å². The molecule has 1 saturated heterocycles. The quantitative estimate of drug-likeness (QED) is 0.632. The standard InChI is InChI=1S/C12H15N/c1-8-11-6-9-4-2-3-5-10(9)12(11)7-13-8/h2-5,8,11-13H,6-7H2,1H3/t8-,11+,12+/m1/s1. The van der Waals surface area contributed by atoms with Crippen molar-refractivity contribution in [1.82, 2.24) is 5.32 Å². The molecule has 0 bridgehead atoms. The molecule has 3 rings (SSSR count). The van der Waals surface area contributed by atoms with Crippen LogP contribution in [0.3, 0.4) is 0 Å². The summed E-state index contributed by atoms with van der Waals surface area (Å²) < 4.78 is 0. The fourth-order valence-corrected chi connectivity index (χ4v) is 2.96. The van der Waals surface area contributed by atoms with Crippen LogP contribution in [-0.4, -0.2) is 12.6 Å². The molecule has 0 amide bonds. The predicted molar refractivity (Wildman–Crippen MR) is 53.8 cm³/mol. The number of hydrogen-bond donors (Lipinski definition) is 1. The highest BCUT2D eigenvalue weighted by Crippen LogP contribution is 2.42. The Kier molecular flexibility index (Phi) is 1.50. The fraction of sp³-hybridized carbons (Fsp3) is 0.500. The lowest BCUT2D eigenvalue weighted by Crippen LogP contribution is -2.23. The molecule has 2 aliphatic rings. The van der Waals surface area contributed by atoms with Gasteiger partial charge < -0.3 is 5.32 Å². The van der Waals surface area contributed by atoms with Gasteiger partial charge in [-0.2, -0.15) is 0 Å². The molecule has 1 fully saturated rings. The Labute approximate surface area is 79.2 Å². The molecule has 0 aromatic heterocycles. The summed E-state index contributed by atoms with van der Waals surface area (Å²) in [6, 6.07) is 9.64. The second-order valence-corrected chi connectivity index (χ2v) is 4.37. The third-order valence-electron chi connectivity index (χ3n) is 3.73. The molecular formula is C12H15N. The molecule has 0 spiro atoms. The highest BCUT2D eigenvalue weighted by atomic mass is 15.0. The summed E-state index contributed by atoms with van der Waals surface area (Å²) in [4.78, 5) is 0. The van der Waals surface area contributed by atoms with Gasteiger partial charge in [-0.1, -0.05) is 24.3 Å². The van der Waals surface area contributed by atoms with Crippen LogP contribution in [0, 0.1) is 5.92 Å². The molecule has 1 aromatic carbocycles. The zero-order chi connectivity index (χ0) is 8.84. The van der Waals surface area contributed by atoms with Gasteiger partial charge in [-0.05, 0) is 30.4 Å². The lowest BCUT2D eigenvalue weighted by Gasteiger charge is -2.11. The van der Waals surface area contributed by atoms with Crippen LogP contribution in [0.15, 0.2) is 24.3 Å². The molecule has 1 aliphatic heterocycles. The van der Waals surface area contributed by atoms with E-state index in [1.54, 1.807) is 11.1 Å². The lowest BCUT2D eigenvalue weighted by molar-refractivity contribution is 0.469. The Bertz CT molecular complexity index is 332. The summed E-state index contributed by atoms with van der Waals surface area (Å²) in [6.45, 7) is 3.50. The third kappa shape index (κ3) is 0.969. The van der Waals surface area contributed by atoms with Gasteiger partial charge in [0.2, 0.25) is 0 Å². The smallest absolute Gasteiger partial charge is 0.00767 e. The molecule has 13 heavy (non-hydrogen) atoms.